The number of hydrogen-bond acceptors (Lipinski definition) is 2. The average Bonchev–Trinajstić information content (AvgIpc) is 2.78. The molecule has 5 heteroatoms. The van der Waals surface area contributed by atoms with Gasteiger partial charge in [0.1, 0.15) is 0 Å². The summed E-state index contributed by atoms with van der Waals surface area (Å²) in [6.07, 6.45) is 3.61. The maximum Gasteiger partial charge on any atom is 0.253 e. The molecule has 1 saturated carbocycles. The predicted octanol–water partition coefficient (Wildman–Crippen LogP) is 3.48. The summed E-state index contributed by atoms with van der Waals surface area (Å²) >= 11 is 9.22. The highest BCUT2D eigenvalue weighted by atomic mass is 79.9. The fraction of sp³-hybridized carbons (Fsp3) is 0.500. The fourth-order valence-electron chi connectivity index (χ4n) is 2.55. The van der Waals surface area contributed by atoms with Crippen LogP contribution < -0.4 is 0 Å². The summed E-state index contributed by atoms with van der Waals surface area (Å²) in [6.45, 7) is 0.381. The Morgan fingerprint density at radius 3 is 2.68 bits per heavy atom. The van der Waals surface area contributed by atoms with E-state index in [4.69, 9.17) is 11.6 Å². The van der Waals surface area contributed by atoms with Crippen LogP contribution in [0.5, 0.6) is 0 Å². The lowest BCUT2D eigenvalue weighted by atomic mass is 10.0. The molecular weight excluding hydrogens is 330 g/mol. The molecule has 1 aliphatic carbocycles. The number of amides is 1. The normalized spacial score (nSPS) is 17.5. The quantitative estimate of drug-likeness (QED) is 0.910. The molecule has 1 aliphatic rings. The van der Waals surface area contributed by atoms with E-state index in [2.05, 4.69) is 15.9 Å². The number of carbonyl (C=O) groups is 1. The predicted molar refractivity (Wildman–Crippen MR) is 79.5 cm³/mol. The SMILES string of the molecule is CN(CC1(O)CCCC1)C(=O)c1ccc(Cl)c(Br)c1. The maximum absolute atomic E-state index is 12.3. The largest absolute Gasteiger partial charge is 0.388 e. The number of rotatable bonds is 3. The third-order valence-corrected chi connectivity index (χ3v) is 4.79. The Kier molecular flexibility index (Phi) is 4.54. The molecule has 0 aromatic heterocycles. The molecule has 0 unspecified atom stereocenters. The second kappa shape index (κ2) is 5.81. The van der Waals surface area contributed by atoms with Crippen molar-refractivity contribution in [2.24, 2.45) is 0 Å². The van der Waals surface area contributed by atoms with Crippen LogP contribution in [0.1, 0.15) is 36.0 Å². The van der Waals surface area contributed by atoms with Crippen molar-refractivity contribution in [2.45, 2.75) is 31.3 Å². The van der Waals surface area contributed by atoms with Crippen molar-refractivity contribution in [3.8, 4) is 0 Å². The topological polar surface area (TPSA) is 40.5 Å². The van der Waals surface area contributed by atoms with Gasteiger partial charge >= 0.3 is 0 Å². The summed E-state index contributed by atoms with van der Waals surface area (Å²) in [7, 11) is 1.72. The van der Waals surface area contributed by atoms with E-state index in [-0.39, 0.29) is 5.91 Å². The van der Waals surface area contributed by atoms with E-state index in [0.717, 1.165) is 25.7 Å². The molecule has 0 radical (unpaired) electrons. The van der Waals surface area contributed by atoms with Gasteiger partial charge in [0.25, 0.3) is 5.91 Å². The van der Waals surface area contributed by atoms with Crippen LogP contribution in [0.15, 0.2) is 22.7 Å². The first-order chi connectivity index (χ1) is 8.91. The molecule has 1 fully saturated rings. The zero-order valence-corrected chi connectivity index (χ0v) is 13.2. The molecule has 0 aliphatic heterocycles. The van der Waals surface area contributed by atoms with Crippen molar-refractivity contribution in [3.05, 3.63) is 33.3 Å². The summed E-state index contributed by atoms with van der Waals surface area (Å²) in [5.41, 5.74) is -0.144. The number of hydrogen-bond donors (Lipinski definition) is 1. The highest BCUT2D eigenvalue weighted by molar-refractivity contribution is 9.10. The summed E-state index contributed by atoms with van der Waals surface area (Å²) in [5.74, 6) is -0.0994. The van der Waals surface area contributed by atoms with Crippen molar-refractivity contribution in [3.63, 3.8) is 0 Å². The number of halogens is 2. The van der Waals surface area contributed by atoms with Crippen LogP contribution >= 0.6 is 27.5 Å². The fourth-order valence-corrected chi connectivity index (χ4v) is 3.05. The van der Waals surface area contributed by atoms with Crippen molar-refractivity contribution in [2.75, 3.05) is 13.6 Å². The van der Waals surface area contributed by atoms with E-state index >= 15 is 0 Å². The van der Waals surface area contributed by atoms with Gasteiger partial charge in [-0.25, -0.2) is 0 Å². The number of carbonyl (C=O) groups excluding carboxylic acids is 1. The molecule has 1 aromatic rings. The van der Waals surface area contributed by atoms with Gasteiger partial charge in [-0.3, -0.25) is 4.79 Å². The van der Waals surface area contributed by atoms with Gasteiger partial charge < -0.3 is 10.0 Å². The number of benzene rings is 1. The maximum atomic E-state index is 12.3. The summed E-state index contributed by atoms with van der Waals surface area (Å²) < 4.78 is 0.702. The Hall–Kier alpha value is -0.580. The van der Waals surface area contributed by atoms with Gasteiger partial charge in [-0.05, 0) is 47.0 Å². The molecule has 0 atom stereocenters. The van der Waals surface area contributed by atoms with Crippen LogP contribution in [0, 0.1) is 0 Å². The lowest BCUT2D eigenvalue weighted by Crippen LogP contribution is -2.42. The zero-order chi connectivity index (χ0) is 14.0. The molecule has 0 spiro atoms. The smallest absolute Gasteiger partial charge is 0.253 e. The highest BCUT2D eigenvalue weighted by Gasteiger charge is 2.33. The summed E-state index contributed by atoms with van der Waals surface area (Å²) in [5, 5.41) is 10.9. The standard InChI is InChI=1S/C14H17BrClNO2/c1-17(9-14(19)6-2-3-7-14)13(18)10-4-5-12(16)11(15)8-10/h4-5,8,19H,2-3,6-7,9H2,1H3. The van der Waals surface area contributed by atoms with Gasteiger partial charge in [0.2, 0.25) is 0 Å². The minimum atomic E-state index is -0.714. The van der Waals surface area contributed by atoms with E-state index < -0.39 is 5.60 Å². The molecule has 104 valence electrons. The number of nitrogens with zero attached hydrogens (tertiary/aromatic N) is 1. The number of aliphatic hydroxyl groups is 1. The van der Waals surface area contributed by atoms with Gasteiger partial charge in [0, 0.05) is 23.6 Å². The minimum Gasteiger partial charge on any atom is -0.388 e. The lowest BCUT2D eigenvalue weighted by Gasteiger charge is -2.28. The molecule has 1 amide bonds. The summed E-state index contributed by atoms with van der Waals surface area (Å²) in [6, 6.07) is 5.10. The monoisotopic (exact) mass is 345 g/mol. The molecule has 0 bridgehead atoms. The second-order valence-corrected chi connectivity index (χ2v) is 6.48. The van der Waals surface area contributed by atoms with Crippen molar-refractivity contribution in [1.82, 2.24) is 4.90 Å². The van der Waals surface area contributed by atoms with Crippen molar-refractivity contribution in [1.29, 1.82) is 0 Å². The van der Waals surface area contributed by atoms with E-state index in [1.165, 1.54) is 0 Å². The highest BCUT2D eigenvalue weighted by Crippen LogP contribution is 2.30. The van der Waals surface area contributed by atoms with Crippen molar-refractivity contribution >= 4 is 33.4 Å². The Morgan fingerprint density at radius 1 is 1.47 bits per heavy atom. The Morgan fingerprint density at radius 2 is 2.11 bits per heavy atom. The third-order valence-electron chi connectivity index (χ3n) is 3.58. The van der Waals surface area contributed by atoms with Crippen LogP contribution in [0.2, 0.25) is 5.02 Å². The first-order valence-electron chi connectivity index (χ1n) is 6.34. The van der Waals surface area contributed by atoms with E-state index in [1.807, 2.05) is 0 Å². The Labute approximate surface area is 126 Å². The van der Waals surface area contributed by atoms with Crippen LogP contribution in [0.3, 0.4) is 0 Å². The zero-order valence-electron chi connectivity index (χ0n) is 10.8. The number of likely N-dealkylation sites (N-methyl/N-ethyl adjacent to an activating group) is 1. The van der Waals surface area contributed by atoms with E-state index in [1.54, 1.807) is 30.1 Å². The van der Waals surface area contributed by atoms with E-state index in [0.29, 0.717) is 21.6 Å². The van der Waals surface area contributed by atoms with Crippen LogP contribution in [0.4, 0.5) is 0 Å². The first-order valence-corrected chi connectivity index (χ1v) is 7.51. The summed E-state index contributed by atoms with van der Waals surface area (Å²) in [4.78, 5) is 13.9. The average molecular weight is 347 g/mol. The molecule has 0 saturated heterocycles. The Balaban J connectivity index is 2.08. The van der Waals surface area contributed by atoms with Gasteiger partial charge in [-0.2, -0.15) is 0 Å². The molecule has 1 aromatic carbocycles. The molecule has 1 N–H and O–H groups in total. The van der Waals surface area contributed by atoms with Gasteiger partial charge in [-0.15, -0.1) is 0 Å². The van der Waals surface area contributed by atoms with Gasteiger partial charge in [-0.1, -0.05) is 24.4 Å². The van der Waals surface area contributed by atoms with Crippen LogP contribution in [-0.2, 0) is 0 Å². The van der Waals surface area contributed by atoms with Crippen molar-refractivity contribution < 1.29 is 9.90 Å². The van der Waals surface area contributed by atoms with Gasteiger partial charge in [0.05, 0.1) is 10.6 Å². The van der Waals surface area contributed by atoms with Crippen LogP contribution in [0.25, 0.3) is 0 Å². The third kappa shape index (κ3) is 3.50. The molecule has 19 heavy (non-hydrogen) atoms. The molecular formula is C14H17BrClNO2. The van der Waals surface area contributed by atoms with Gasteiger partial charge in [0.15, 0.2) is 0 Å². The van der Waals surface area contributed by atoms with Crippen LogP contribution in [-0.4, -0.2) is 35.1 Å². The second-order valence-electron chi connectivity index (χ2n) is 5.22. The Bertz CT molecular complexity index is 486. The minimum absolute atomic E-state index is 0.0994. The molecule has 0 heterocycles. The van der Waals surface area contributed by atoms with E-state index in [9.17, 15) is 9.90 Å². The lowest BCUT2D eigenvalue weighted by molar-refractivity contribution is 0.0157. The first kappa shape index (κ1) is 14.8. The molecule has 3 nitrogen and oxygen atoms in total. The molecule has 2 rings (SSSR count).